The third-order valence-electron chi connectivity index (χ3n) is 5.30. The zero-order chi connectivity index (χ0) is 20.9. The highest BCUT2D eigenvalue weighted by Gasteiger charge is 2.24. The minimum atomic E-state index is -0.00190. The number of aliphatic hydroxyl groups is 1. The first-order valence-corrected chi connectivity index (χ1v) is 10.4. The first-order valence-electron chi connectivity index (χ1n) is 10.1. The molecule has 1 aromatic heterocycles. The lowest BCUT2D eigenvalue weighted by atomic mass is 9.98. The van der Waals surface area contributed by atoms with Crippen LogP contribution in [0.1, 0.15) is 29.1 Å². The molecule has 156 valence electrons. The number of anilines is 1. The number of nitrogens with one attached hydrogen (secondary N) is 1. The number of likely N-dealkylation sites (tertiary alicyclic amines) is 1. The van der Waals surface area contributed by atoms with E-state index in [0.29, 0.717) is 35.3 Å². The Bertz CT molecular complexity index is 1000. The molecule has 0 aliphatic carbocycles. The van der Waals surface area contributed by atoms with Gasteiger partial charge in [-0.15, -0.1) is 0 Å². The molecule has 2 N–H and O–H groups in total. The number of benzene rings is 2. The third-order valence-corrected chi connectivity index (χ3v) is 5.55. The van der Waals surface area contributed by atoms with Crippen molar-refractivity contribution in [3.8, 4) is 11.3 Å². The lowest BCUT2D eigenvalue weighted by molar-refractivity contribution is 0.0621. The molecule has 2 heterocycles. The van der Waals surface area contributed by atoms with Crippen LogP contribution in [0.4, 0.5) is 5.69 Å². The molecule has 3 aromatic rings. The Morgan fingerprint density at radius 1 is 1.27 bits per heavy atom. The van der Waals surface area contributed by atoms with E-state index < -0.39 is 0 Å². The minimum Gasteiger partial charge on any atom is -0.439 e. The fraction of sp³-hybridized carbons (Fsp3) is 0.304. The standard InChI is InChI=1S/C23H24ClN3O3/c24-19-8-6-17(7-9-19)21-12-26-22(30-21)13-25-20-5-1-4-18(11-20)23(29)27-10-2-3-16(14-27)15-28/h1,4-9,11-12,16,25,28H,2-3,10,13-15H2. The van der Waals surface area contributed by atoms with Crippen LogP contribution < -0.4 is 5.32 Å². The van der Waals surface area contributed by atoms with Gasteiger partial charge in [0.2, 0.25) is 5.89 Å². The van der Waals surface area contributed by atoms with Gasteiger partial charge in [-0.25, -0.2) is 4.98 Å². The molecule has 4 rings (SSSR count). The van der Waals surface area contributed by atoms with E-state index in [-0.39, 0.29) is 18.4 Å². The van der Waals surface area contributed by atoms with E-state index in [1.165, 1.54) is 0 Å². The van der Waals surface area contributed by atoms with Gasteiger partial charge in [0.25, 0.3) is 5.91 Å². The summed E-state index contributed by atoms with van der Waals surface area (Å²) >= 11 is 5.93. The molecule has 0 bridgehead atoms. The summed E-state index contributed by atoms with van der Waals surface area (Å²) in [7, 11) is 0. The SMILES string of the molecule is O=C(c1cccc(NCc2ncc(-c3ccc(Cl)cc3)o2)c1)N1CCCC(CO)C1. The molecule has 1 aliphatic heterocycles. The fourth-order valence-electron chi connectivity index (χ4n) is 3.66. The Morgan fingerprint density at radius 3 is 2.90 bits per heavy atom. The summed E-state index contributed by atoms with van der Waals surface area (Å²) in [5.74, 6) is 1.40. The highest BCUT2D eigenvalue weighted by Crippen LogP contribution is 2.23. The van der Waals surface area contributed by atoms with E-state index in [0.717, 1.165) is 30.6 Å². The predicted octanol–water partition coefficient (Wildman–Crippen LogP) is 4.45. The van der Waals surface area contributed by atoms with Crippen molar-refractivity contribution in [2.75, 3.05) is 25.0 Å². The van der Waals surface area contributed by atoms with Crippen LogP contribution in [0.3, 0.4) is 0 Å². The molecule has 6 nitrogen and oxygen atoms in total. The van der Waals surface area contributed by atoms with Crippen LogP contribution in [0.2, 0.25) is 5.02 Å². The lowest BCUT2D eigenvalue weighted by Gasteiger charge is -2.32. The Labute approximate surface area is 180 Å². The Morgan fingerprint density at radius 2 is 2.10 bits per heavy atom. The molecule has 1 saturated heterocycles. The van der Waals surface area contributed by atoms with Gasteiger partial charge < -0.3 is 19.7 Å². The van der Waals surface area contributed by atoms with Crippen molar-refractivity contribution in [2.45, 2.75) is 19.4 Å². The molecule has 1 amide bonds. The molecule has 1 aliphatic rings. The van der Waals surface area contributed by atoms with Crippen molar-refractivity contribution in [1.29, 1.82) is 0 Å². The number of rotatable bonds is 6. The van der Waals surface area contributed by atoms with Gasteiger partial charge in [-0.3, -0.25) is 4.79 Å². The molecule has 0 radical (unpaired) electrons. The first kappa shape index (κ1) is 20.4. The Hall–Kier alpha value is -2.83. The van der Waals surface area contributed by atoms with Gasteiger partial charge in [0, 0.05) is 41.5 Å². The number of nitrogens with zero attached hydrogens (tertiary/aromatic N) is 2. The number of aliphatic hydroxyl groups excluding tert-OH is 1. The molecule has 1 unspecified atom stereocenters. The van der Waals surface area contributed by atoms with Crippen molar-refractivity contribution in [3.63, 3.8) is 0 Å². The summed E-state index contributed by atoms with van der Waals surface area (Å²) in [5.41, 5.74) is 2.36. The first-order chi connectivity index (χ1) is 14.6. The molecule has 2 aromatic carbocycles. The monoisotopic (exact) mass is 425 g/mol. The van der Waals surface area contributed by atoms with Crippen molar-refractivity contribution in [3.05, 3.63) is 71.2 Å². The second-order valence-corrected chi connectivity index (χ2v) is 7.94. The van der Waals surface area contributed by atoms with Gasteiger partial charge in [0.05, 0.1) is 12.7 Å². The summed E-state index contributed by atoms with van der Waals surface area (Å²) < 4.78 is 5.81. The van der Waals surface area contributed by atoms with Crippen molar-refractivity contribution in [1.82, 2.24) is 9.88 Å². The number of amides is 1. The van der Waals surface area contributed by atoms with E-state index in [2.05, 4.69) is 10.3 Å². The average molecular weight is 426 g/mol. The summed E-state index contributed by atoms with van der Waals surface area (Å²) in [4.78, 5) is 19.0. The van der Waals surface area contributed by atoms with Crippen LogP contribution in [0, 0.1) is 5.92 Å². The van der Waals surface area contributed by atoms with Crippen molar-refractivity contribution >= 4 is 23.2 Å². The quantitative estimate of drug-likeness (QED) is 0.610. The number of carbonyl (C=O) groups is 1. The van der Waals surface area contributed by atoms with E-state index in [9.17, 15) is 9.90 Å². The average Bonchev–Trinajstić information content (AvgIpc) is 3.27. The molecule has 0 spiro atoms. The summed E-state index contributed by atoms with van der Waals surface area (Å²) in [6.07, 6.45) is 3.58. The van der Waals surface area contributed by atoms with Gasteiger partial charge in [-0.05, 0) is 61.2 Å². The van der Waals surface area contributed by atoms with E-state index in [1.54, 1.807) is 6.20 Å². The highest BCUT2D eigenvalue weighted by molar-refractivity contribution is 6.30. The number of aromatic nitrogens is 1. The third kappa shape index (κ3) is 4.83. The van der Waals surface area contributed by atoms with Crippen LogP contribution >= 0.6 is 11.6 Å². The number of hydrogen-bond donors (Lipinski definition) is 2. The van der Waals surface area contributed by atoms with Crippen molar-refractivity contribution in [2.24, 2.45) is 5.92 Å². The second-order valence-electron chi connectivity index (χ2n) is 7.50. The largest absolute Gasteiger partial charge is 0.439 e. The van der Waals surface area contributed by atoms with E-state index >= 15 is 0 Å². The molecule has 1 fully saturated rings. The van der Waals surface area contributed by atoms with Gasteiger partial charge >= 0.3 is 0 Å². The maximum Gasteiger partial charge on any atom is 0.253 e. The number of piperidine rings is 1. The smallest absolute Gasteiger partial charge is 0.253 e. The topological polar surface area (TPSA) is 78.6 Å². The minimum absolute atomic E-state index is 0.00190. The molecule has 1 atom stereocenters. The van der Waals surface area contributed by atoms with Gasteiger partial charge in [-0.2, -0.15) is 0 Å². The van der Waals surface area contributed by atoms with Gasteiger partial charge in [-0.1, -0.05) is 17.7 Å². The Kier molecular flexibility index (Phi) is 6.35. The maximum absolute atomic E-state index is 12.8. The lowest BCUT2D eigenvalue weighted by Crippen LogP contribution is -2.40. The second kappa shape index (κ2) is 9.32. The molecule has 0 saturated carbocycles. The zero-order valence-electron chi connectivity index (χ0n) is 16.6. The number of halogens is 1. The highest BCUT2D eigenvalue weighted by atomic mass is 35.5. The molecular weight excluding hydrogens is 402 g/mol. The van der Waals surface area contributed by atoms with Crippen LogP contribution in [-0.2, 0) is 6.54 Å². The van der Waals surface area contributed by atoms with Crippen LogP contribution in [0.5, 0.6) is 0 Å². The number of hydrogen-bond acceptors (Lipinski definition) is 5. The van der Waals surface area contributed by atoms with Crippen LogP contribution in [0.15, 0.2) is 59.1 Å². The van der Waals surface area contributed by atoms with E-state index in [1.807, 2.05) is 53.4 Å². The predicted molar refractivity (Wildman–Crippen MR) is 116 cm³/mol. The number of oxazole rings is 1. The van der Waals surface area contributed by atoms with Crippen LogP contribution in [0.25, 0.3) is 11.3 Å². The zero-order valence-corrected chi connectivity index (χ0v) is 17.3. The normalized spacial score (nSPS) is 16.5. The molecule has 30 heavy (non-hydrogen) atoms. The van der Waals surface area contributed by atoms with Gasteiger partial charge in [0.1, 0.15) is 0 Å². The number of carbonyl (C=O) groups excluding carboxylic acids is 1. The molecular formula is C23H24ClN3O3. The summed E-state index contributed by atoms with van der Waals surface area (Å²) in [5, 5.41) is 13.3. The summed E-state index contributed by atoms with van der Waals surface area (Å²) in [6, 6.07) is 14.8. The van der Waals surface area contributed by atoms with Crippen LogP contribution in [-0.4, -0.2) is 40.6 Å². The van der Waals surface area contributed by atoms with Gasteiger partial charge in [0.15, 0.2) is 5.76 Å². The fourth-order valence-corrected chi connectivity index (χ4v) is 3.79. The molecule has 7 heteroatoms. The van der Waals surface area contributed by atoms with E-state index in [4.69, 9.17) is 16.0 Å². The summed E-state index contributed by atoms with van der Waals surface area (Å²) in [6.45, 7) is 1.87. The van der Waals surface area contributed by atoms with Crippen molar-refractivity contribution < 1.29 is 14.3 Å². The Balaban J connectivity index is 1.39. The maximum atomic E-state index is 12.8.